The zero-order valence-corrected chi connectivity index (χ0v) is 24.2. The highest BCUT2D eigenvalue weighted by Gasteiger charge is 2.19. The molecule has 2 heterocycles. The fourth-order valence-corrected chi connectivity index (χ4v) is 6.68. The van der Waals surface area contributed by atoms with Gasteiger partial charge in [-0.3, -0.25) is 0 Å². The summed E-state index contributed by atoms with van der Waals surface area (Å²) in [6.07, 6.45) is 5.62. The van der Waals surface area contributed by atoms with Crippen LogP contribution in [0.4, 0.5) is 0 Å². The molecule has 4 heteroatoms. The third-order valence-corrected chi connectivity index (χ3v) is 8.95. The third-order valence-electron chi connectivity index (χ3n) is 8.95. The minimum atomic E-state index is 0.497. The van der Waals surface area contributed by atoms with E-state index in [0.29, 0.717) is 23.4 Å². The lowest BCUT2D eigenvalue weighted by molar-refractivity contribution is 0.669. The molecule has 2 aromatic heterocycles. The summed E-state index contributed by atoms with van der Waals surface area (Å²) in [6, 6.07) is 40.1. The maximum atomic E-state index is 6.22. The highest BCUT2D eigenvalue weighted by Crippen LogP contribution is 2.38. The minimum Gasteiger partial charge on any atom is -0.456 e. The van der Waals surface area contributed by atoms with E-state index >= 15 is 0 Å². The number of benzene rings is 6. The van der Waals surface area contributed by atoms with E-state index in [1.54, 1.807) is 0 Å². The lowest BCUT2D eigenvalue weighted by atomic mass is 9.85. The van der Waals surface area contributed by atoms with Crippen LogP contribution >= 0.6 is 0 Å². The summed E-state index contributed by atoms with van der Waals surface area (Å²) in [5, 5.41) is 6.82. The molecule has 1 unspecified atom stereocenters. The van der Waals surface area contributed by atoms with Crippen LogP contribution in [-0.2, 0) is 0 Å². The van der Waals surface area contributed by atoms with E-state index in [1.807, 2.05) is 30.3 Å². The van der Waals surface area contributed by atoms with Gasteiger partial charge in [0.1, 0.15) is 11.2 Å². The van der Waals surface area contributed by atoms with Gasteiger partial charge in [-0.25, -0.2) is 15.0 Å². The summed E-state index contributed by atoms with van der Waals surface area (Å²) in [5.41, 5.74) is 7.19. The highest BCUT2D eigenvalue weighted by molar-refractivity contribution is 6.11. The molecular weight excluding hydrogens is 538 g/mol. The smallest absolute Gasteiger partial charge is 0.164 e. The largest absolute Gasteiger partial charge is 0.456 e. The first-order chi connectivity index (χ1) is 21.7. The first kappa shape index (κ1) is 24.9. The molecule has 0 aliphatic heterocycles. The van der Waals surface area contributed by atoms with Crippen LogP contribution in [0.15, 0.2) is 126 Å². The number of nitrogens with zero attached hydrogens (tertiary/aromatic N) is 3. The summed E-state index contributed by atoms with van der Waals surface area (Å²) in [5.74, 6) is 2.41. The van der Waals surface area contributed by atoms with Gasteiger partial charge in [-0.1, -0.05) is 110 Å². The molecule has 4 nitrogen and oxygen atoms in total. The van der Waals surface area contributed by atoms with Crippen LogP contribution in [0.25, 0.3) is 83.7 Å². The van der Waals surface area contributed by atoms with Crippen molar-refractivity contribution in [2.24, 2.45) is 0 Å². The SMILES string of the molecule is CC1CC=Cc2c1ccc1ccc(-c3nc(-c4ccc5ccccc5c4)nc(-c4cccc5oc6ccccc6c45)n3)cc21. The minimum absolute atomic E-state index is 0.497. The molecule has 0 saturated heterocycles. The van der Waals surface area contributed by atoms with Crippen LogP contribution in [0.1, 0.15) is 30.4 Å². The molecule has 0 spiro atoms. The molecular formula is C40H27N3O. The molecule has 0 saturated carbocycles. The average molecular weight is 566 g/mol. The van der Waals surface area contributed by atoms with Crippen LogP contribution in [0.3, 0.4) is 0 Å². The number of hydrogen-bond acceptors (Lipinski definition) is 4. The second-order valence-electron chi connectivity index (χ2n) is 11.7. The van der Waals surface area contributed by atoms with Crippen LogP contribution in [0, 0.1) is 0 Å². The Bertz CT molecular complexity index is 2450. The van der Waals surface area contributed by atoms with Gasteiger partial charge in [-0.15, -0.1) is 0 Å². The van der Waals surface area contributed by atoms with Crippen molar-refractivity contribution in [3.8, 4) is 34.2 Å². The quantitative estimate of drug-likeness (QED) is 0.214. The van der Waals surface area contributed by atoms with E-state index in [4.69, 9.17) is 19.4 Å². The topological polar surface area (TPSA) is 51.8 Å². The molecule has 0 fully saturated rings. The molecule has 208 valence electrons. The van der Waals surface area contributed by atoms with Gasteiger partial charge in [-0.05, 0) is 69.3 Å². The van der Waals surface area contributed by atoms with Gasteiger partial charge < -0.3 is 4.42 Å². The van der Waals surface area contributed by atoms with E-state index in [-0.39, 0.29) is 0 Å². The van der Waals surface area contributed by atoms with Gasteiger partial charge in [0.25, 0.3) is 0 Å². The number of furan rings is 1. The molecule has 1 aliphatic rings. The fourth-order valence-electron chi connectivity index (χ4n) is 6.68. The molecule has 0 bridgehead atoms. The third kappa shape index (κ3) is 3.95. The van der Waals surface area contributed by atoms with E-state index in [0.717, 1.165) is 50.4 Å². The highest BCUT2D eigenvalue weighted by atomic mass is 16.3. The Balaban J connectivity index is 1.31. The lowest BCUT2D eigenvalue weighted by Gasteiger charge is -2.20. The second-order valence-corrected chi connectivity index (χ2v) is 11.7. The second kappa shape index (κ2) is 9.72. The summed E-state index contributed by atoms with van der Waals surface area (Å²) in [6.45, 7) is 2.30. The Morgan fingerprint density at radius 3 is 2.18 bits per heavy atom. The van der Waals surface area contributed by atoms with Gasteiger partial charge in [0.2, 0.25) is 0 Å². The maximum Gasteiger partial charge on any atom is 0.164 e. The van der Waals surface area contributed by atoms with Gasteiger partial charge in [-0.2, -0.15) is 0 Å². The van der Waals surface area contributed by atoms with Crippen molar-refractivity contribution in [2.75, 3.05) is 0 Å². The predicted molar refractivity (Wildman–Crippen MR) is 180 cm³/mol. The molecule has 9 rings (SSSR count). The first-order valence-corrected chi connectivity index (χ1v) is 15.1. The maximum absolute atomic E-state index is 6.22. The van der Waals surface area contributed by atoms with Crippen molar-refractivity contribution in [2.45, 2.75) is 19.3 Å². The van der Waals surface area contributed by atoms with Crippen molar-refractivity contribution in [3.63, 3.8) is 0 Å². The van der Waals surface area contributed by atoms with Crippen molar-refractivity contribution >= 4 is 49.6 Å². The van der Waals surface area contributed by atoms with E-state index in [1.165, 1.54) is 27.3 Å². The number of rotatable bonds is 3. The zero-order valence-electron chi connectivity index (χ0n) is 24.2. The van der Waals surface area contributed by atoms with Gasteiger partial charge in [0.15, 0.2) is 17.5 Å². The van der Waals surface area contributed by atoms with Crippen molar-refractivity contribution in [1.29, 1.82) is 0 Å². The first-order valence-electron chi connectivity index (χ1n) is 15.1. The average Bonchev–Trinajstić information content (AvgIpc) is 3.47. The Morgan fingerprint density at radius 2 is 1.30 bits per heavy atom. The Labute approximate surface area is 254 Å². The number of fused-ring (bicyclic) bond motifs is 7. The molecule has 8 aromatic rings. The Kier molecular flexibility index (Phi) is 5.51. The summed E-state index contributed by atoms with van der Waals surface area (Å²) < 4.78 is 6.22. The molecule has 0 amide bonds. The number of aromatic nitrogens is 3. The van der Waals surface area contributed by atoms with Crippen LogP contribution in [0.5, 0.6) is 0 Å². The number of allylic oxidation sites excluding steroid dienone is 1. The van der Waals surface area contributed by atoms with Gasteiger partial charge in [0.05, 0.1) is 0 Å². The Morgan fingerprint density at radius 1 is 0.591 bits per heavy atom. The fraction of sp³-hybridized carbons (Fsp3) is 0.0750. The van der Waals surface area contributed by atoms with Gasteiger partial charge in [0, 0.05) is 27.5 Å². The predicted octanol–water partition coefficient (Wildman–Crippen LogP) is 10.6. The van der Waals surface area contributed by atoms with Gasteiger partial charge >= 0.3 is 0 Å². The lowest BCUT2D eigenvalue weighted by Crippen LogP contribution is -2.02. The molecule has 1 aliphatic carbocycles. The summed E-state index contributed by atoms with van der Waals surface area (Å²) in [7, 11) is 0. The summed E-state index contributed by atoms with van der Waals surface area (Å²) in [4.78, 5) is 15.4. The number of hydrogen-bond donors (Lipinski definition) is 0. The van der Waals surface area contributed by atoms with Crippen molar-refractivity contribution in [3.05, 3.63) is 132 Å². The zero-order chi connectivity index (χ0) is 29.2. The molecule has 0 N–H and O–H groups in total. The molecule has 6 aromatic carbocycles. The molecule has 0 radical (unpaired) electrons. The molecule has 1 atom stereocenters. The number of para-hydroxylation sites is 1. The normalized spacial score (nSPS) is 14.5. The van der Waals surface area contributed by atoms with Crippen molar-refractivity contribution < 1.29 is 4.42 Å². The van der Waals surface area contributed by atoms with Crippen LogP contribution in [-0.4, -0.2) is 15.0 Å². The van der Waals surface area contributed by atoms with E-state index < -0.39 is 0 Å². The monoisotopic (exact) mass is 565 g/mol. The van der Waals surface area contributed by atoms with E-state index in [2.05, 4.69) is 104 Å². The molecule has 44 heavy (non-hydrogen) atoms. The Hall–Kier alpha value is -5.61. The van der Waals surface area contributed by atoms with Crippen LogP contribution < -0.4 is 0 Å². The van der Waals surface area contributed by atoms with Crippen LogP contribution in [0.2, 0.25) is 0 Å². The summed E-state index contributed by atoms with van der Waals surface area (Å²) >= 11 is 0. The van der Waals surface area contributed by atoms with E-state index in [9.17, 15) is 0 Å². The van der Waals surface area contributed by atoms with Crippen molar-refractivity contribution in [1.82, 2.24) is 15.0 Å². The standard InChI is InChI=1S/C40H27N3O/c1-24-8-6-12-31-30(24)21-20-26-17-19-29(23-34(26)31)39-41-38(28-18-16-25-9-2-3-10-27(25)22-28)42-40(43-39)33-13-7-15-36-37(33)32-11-4-5-14-35(32)44-36/h2-7,9-24H,8H2,1H3.